The van der Waals surface area contributed by atoms with Gasteiger partial charge in [-0.3, -0.25) is 9.59 Å². The van der Waals surface area contributed by atoms with Crippen molar-refractivity contribution in [2.45, 2.75) is 27.2 Å². The van der Waals surface area contributed by atoms with E-state index in [-0.39, 0.29) is 17.7 Å². The van der Waals surface area contributed by atoms with Gasteiger partial charge in [0.15, 0.2) is 0 Å². The molecule has 0 aliphatic rings. The number of carbonyl (C=O) groups excluding carboxylic acids is 2. The Morgan fingerprint density at radius 2 is 1.39 bits per heavy atom. The van der Waals surface area contributed by atoms with Crippen LogP contribution in [-0.2, 0) is 11.2 Å². The third-order valence-corrected chi connectivity index (χ3v) is 3.56. The molecular formula is C19H22N2O2. The third kappa shape index (κ3) is 4.68. The number of aryl methyl sites for hydroxylation is 1. The van der Waals surface area contributed by atoms with Gasteiger partial charge in [0.05, 0.1) is 0 Å². The van der Waals surface area contributed by atoms with Gasteiger partial charge in [0.2, 0.25) is 5.91 Å². The molecule has 120 valence electrons. The molecule has 4 heteroatoms. The van der Waals surface area contributed by atoms with E-state index in [1.165, 1.54) is 5.56 Å². The highest BCUT2D eigenvalue weighted by molar-refractivity contribution is 6.04. The number of carbonyl (C=O) groups is 2. The van der Waals surface area contributed by atoms with Crippen molar-refractivity contribution in [2.24, 2.45) is 5.92 Å². The summed E-state index contributed by atoms with van der Waals surface area (Å²) >= 11 is 0. The molecule has 0 aromatic heterocycles. The van der Waals surface area contributed by atoms with Crippen LogP contribution in [0.1, 0.15) is 36.7 Å². The van der Waals surface area contributed by atoms with Crippen LogP contribution in [0, 0.1) is 5.92 Å². The molecule has 23 heavy (non-hydrogen) atoms. The highest BCUT2D eigenvalue weighted by Crippen LogP contribution is 2.16. The molecule has 0 aliphatic carbocycles. The lowest BCUT2D eigenvalue weighted by atomic mass is 10.1. The average molecular weight is 310 g/mol. The monoisotopic (exact) mass is 310 g/mol. The van der Waals surface area contributed by atoms with Crippen LogP contribution in [0.4, 0.5) is 11.4 Å². The SMILES string of the molecule is CCc1ccc(C(=O)Nc2ccc(NC(=O)C(C)C)cc2)cc1. The van der Waals surface area contributed by atoms with Gasteiger partial charge in [-0.1, -0.05) is 32.9 Å². The quantitative estimate of drug-likeness (QED) is 0.873. The number of amides is 2. The lowest BCUT2D eigenvalue weighted by Gasteiger charge is -2.09. The number of benzene rings is 2. The topological polar surface area (TPSA) is 58.2 Å². The van der Waals surface area contributed by atoms with Crippen molar-refractivity contribution < 1.29 is 9.59 Å². The first-order valence-electron chi connectivity index (χ1n) is 7.81. The second kappa shape index (κ2) is 7.58. The molecule has 0 spiro atoms. The van der Waals surface area contributed by atoms with Gasteiger partial charge in [-0.05, 0) is 48.4 Å². The van der Waals surface area contributed by atoms with Gasteiger partial charge in [0.25, 0.3) is 5.91 Å². The van der Waals surface area contributed by atoms with E-state index >= 15 is 0 Å². The van der Waals surface area contributed by atoms with Crippen molar-refractivity contribution in [2.75, 3.05) is 10.6 Å². The summed E-state index contributed by atoms with van der Waals surface area (Å²) in [6.45, 7) is 5.76. The van der Waals surface area contributed by atoms with Crippen molar-refractivity contribution in [1.82, 2.24) is 0 Å². The Balaban J connectivity index is 1.99. The number of nitrogens with one attached hydrogen (secondary N) is 2. The molecule has 0 radical (unpaired) electrons. The van der Waals surface area contributed by atoms with Crippen LogP contribution in [0.2, 0.25) is 0 Å². The Labute approximate surface area is 136 Å². The van der Waals surface area contributed by atoms with E-state index in [0.717, 1.165) is 6.42 Å². The Bertz CT molecular complexity index is 674. The summed E-state index contributed by atoms with van der Waals surface area (Å²) in [5, 5.41) is 5.66. The summed E-state index contributed by atoms with van der Waals surface area (Å²) in [5.74, 6) is -0.245. The summed E-state index contributed by atoms with van der Waals surface area (Å²) in [4.78, 5) is 23.8. The molecule has 0 saturated heterocycles. The van der Waals surface area contributed by atoms with E-state index in [9.17, 15) is 9.59 Å². The van der Waals surface area contributed by atoms with Gasteiger partial charge >= 0.3 is 0 Å². The first-order chi connectivity index (χ1) is 11.0. The lowest BCUT2D eigenvalue weighted by molar-refractivity contribution is -0.118. The maximum absolute atomic E-state index is 12.2. The first kappa shape index (κ1) is 16.7. The zero-order chi connectivity index (χ0) is 16.8. The minimum absolute atomic E-state index is 0.0298. The number of hydrogen-bond donors (Lipinski definition) is 2. The van der Waals surface area contributed by atoms with Crippen molar-refractivity contribution in [1.29, 1.82) is 0 Å². The van der Waals surface area contributed by atoms with Gasteiger partial charge < -0.3 is 10.6 Å². The largest absolute Gasteiger partial charge is 0.326 e. The van der Waals surface area contributed by atoms with Crippen molar-refractivity contribution >= 4 is 23.2 Å². The molecule has 0 unspecified atom stereocenters. The Morgan fingerprint density at radius 3 is 1.87 bits per heavy atom. The molecule has 0 atom stereocenters. The fraction of sp³-hybridized carbons (Fsp3) is 0.263. The van der Waals surface area contributed by atoms with Crippen molar-refractivity contribution in [3.8, 4) is 0 Å². The molecule has 2 aromatic carbocycles. The van der Waals surface area contributed by atoms with Gasteiger partial charge in [0, 0.05) is 22.9 Å². The number of rotatable bonds is 5. The summed E-state index contributed by atoms with van der Waals surface area (Å²) in [5.41, 5.74) is 3.23. The van der Waals surface area contributed by atoms with Crippen molar-refractivity contribution in [3.63, 3.8) is 0 Å². The van der Waals surface area contributed by atoms with Gasteiger partial charge in [-0.15, -0.1) is 0 Å². The van der Waals surface area contributed by atoms with E-state index in [2.05, 4.69) is 17.6 Å². The smallest absolute Gasteiger partial charge is 0.255 e. The molecule has 2 rings (SSSR count). The fourth-order valence-corrected chi connectivity index (χ4v) is 2.02. The van der Waals surface area contributed by atoms with E-state index in [1.54, 1.807) is 24.3 Å². The Morgan fingerprint density at radius 1 is 0.870 bits per heavy atom. The standard InChI is InChI=1S/C19H22N2O2/c1-4-14-5-7-15(8-6-14)19(23)21-17-11-9-16(10-12-17)20-18(22)13(2)3/h5-13H,4H2,1-3H3,(H,20,22)(H,21,23). The first-order valence-corrected chi connectivity index (χ1v) is 7.81. The zero-order valence-corrected chi connectivity index (χ0v) is 13.7. The molecule has 2 amide bonds. The summed E-state index contributed by atoms with van der Waals surface area (Å²) in [6, 6.07) is 14.7. The predicted octanol–water partition coefficient (Wildman–Crippen LogP) is 4.10. The fourth-order valence-electron chi connectivity index (χ4n) is 2.02. The van der Waals surface area contributed by atoms with E-state index in [4.69, 9.17) is 0 Å². The Hall–Kier alpha value is -2.62. The van der Waals surface area contributed by atoms with Crippen LogP contribution in [0.25, 0.3) is 0 Å². The van der Waals surface area contributed by atoms with Crippen LogP contribution in [0.5, 0.6) is 0 Å². The molecule has 2 aromatic rings. The Kier molecular flexibility index (Phi) is 5.52. The van der Waals surface area contributed by atoms with Crippen molar-refractivity contribution in [3.05, 3.63) is 59.7 Å². The number of hydrogen-bond acceptors (Lipinski definition) is 2. The lowest BCUT2D eigenvalue weighted by Crippen LogP contribution is -2.17. The van der Waals surface area contributed by atoms with Crippen LogP contribution >= 0.6 is 0 Å². The zero-order valence-electron chi connectivity index (χ0n) is 13.7. The summed E-state index contributed by atoms with van der Waals surface area (Å²) < 4.78 is 0. The van der Waals surface area contributed by atoms with Gasteiger partial charge in [-0.2, -0.15) is 0 Å². The second-order valence-corrected chi connectivity index (χ2v) is 5.73. The summed E-state index contributed by atoms with van der Waals surface area (Å²) in [7, 11) is 0. The highest BCUT2D eigenvalue weighted by Gasteiger charge is 2.08. The highest BCUT2D eigenvalue weighted by atomic mass is 16.2. The molecular weight excluding hydrogens is 288 g/mol. The molecule has 0 heterocycles. The third-order valence-electron chi connectivity index (χ3n) is 3.56. The maximum Gasteiger partial charge on any atom is 0.255 e. The second-order valence-electron chi connectivity index (χ2n) is 5.73. The molecule has 0 aliphatic heterocycles. The van der Waals surface area contributed by atoms with Gasteiger partial charge in [0.1, 0.15) is 0 Å². The normalized spacial score (nSPS) is 10.4. The van der Waals surface area contributed by atoms with E-state index in [0.29, 0.717) is 16.9 Å². The maximum atomic E-state index is 12.2. The summed E-state index contributed by atoms with van der Waals surface area (Å²) in [6.07, 6.45) is 0.950. The molecule has 0 bridgehead atoms. The van der Waals surface area contributed by atoms with Crippen LogP contribution in [0.15, 0.2) is 48.5 Å². The van der Waals surface area contributed by atoms with Crippen LogP contribution in [0.3, 0.4) is 0 Å². The number of anilines is 2. The van der Waals surface area contributed by atoms with E-state index in [1.807, 2.05) is 38.1 Å². The predicted molar refractivity (Wildman–Crippen MR) is 93.7 cm³/mol. The van der Waals surface area contributed by atoms with Crippen LogP contribution < -0.4 is 10.6 Å². The minimum atomic E-state index is -0.147. The molecule has 2 N–H and O–H groups in total. The molecule has 0 saturated carbocycles. The van der Waals surface area contributed by atoms with E-state index < -0.39 is 0 Å². The minimum Gasteiger partial charge on any atom is -0.326 e. The molecule has 4 nitrogen and oxygen atoms in total. The van der Waals surface area contributed by atoms with Gasteiger partial charge in [-0.25, -0.2) is 0 Å². The average Bonchev–Trinajstić information content (AvgIpc) is 2.56. The van der Waals surface area contributed by atoms with Crippen LogP contribution in [-0.4, -0.2) is 11.8 Å². The molecule has 0 fully saturated rings.